The minimum atomic E-state index is -0.606. The van der Waals surface area contributed by atoms with Crippen molar-refractivity contribution in [3.05, 3.63) is 52.8 Å². The van der Waals surface area contributed by atoms with Gasteiger partial charge in [-0.3, -0.25) is 4.79 Å². The Bertz CT molecular complexity index is 661. The summed E-state index contributed by atoms with van der Waals surface area (Å²) in [6.07, 6.45) is 0. The highest BCUT2D eigenvalue weighted by Crippen LogP contribution is 2.14. The molecular formula is C13H11AlNO3. The molecule has 0 saturated heterocycles. The Kier molecular flexibility index (Phi) is 4.49. The number of ether oxygens (including phenoxy) is 1. The predicted molar refractivity (Wildman–Crippen MR) is 70.8 cm³/mol. The van der Waals surface area contributed by atoms with Crippen LogP contribution in [0.5, 0.6) is 5.75 Å². The van der Waals surface area contributed by atoms with Gasteiger partial charge in [0.15, 0.2) is 5.75 Å². The maximum absolute atomic E-state index is 11.6. The molecule has 1 heterocycles. The standard InChI is InChI=1S/C13H11NO3.Al/c1-8(2)13(16)17-11-7-9-5-3-4-6-10(9)14-12(11)15;/h3-7H,1H2,2H3,(H,14,15);. The molecule has 2 rings (SSSR count). The number of fused-ring (bicyclic) bond motifs is 1. The number of carbonyl (C=O) groups excluding carboxylic acids is 1. The Morgan fingerprint density at radius 2 is 2.00 bits per heavy atom. The summed E-state index contributed by atoms with van der Waals surface area (Å²) in [5, 5.41) is 0.802. The Morgan fingerprint density at radius 3 is 2.67 bits per heavy atom. The molecule has 1 aromatic carbocycles. The van der Waals surface area contributed by atoms with Gasteiger partial charge >= 0.3 is 5.97 Å². The van der Waals surface area contributed by atoms with Gasteiger partial charge in [-0.05, 0) is 19.1 Å². The van der Waals surface area contributed by atoms with E-state index in [1.165, 1.54) is 13.0 Å². The fraction of sp³-hybridized carbons (Fsp3) is 0.0769. The highest BCUT2D eigenvalue weighted by Gasteiger charge is 2.09. The molecule has 1 N–H and O–H groups in total. The molecule has 0 saturated carbocycles. The van der Waals surface area contributed by atoms with E-state index in [2.05, 4.69) is 11.6 Å². The Balaban J connectivity index is 0.00000162. The Hall–Kier alpha value is -1.83. The maximum atomic E-state index is 11.6. The van der Waals surface area contributed by atoms with Crippen LogP contribution in [0.15, 0.2) is 47.3 Å². The molecule has 0 aliphatic rings. The first-order chi connectivity index (χ1) is 8.08. The van der Waals surface area contributed by atoms with Crippen LogP contribution in [0.25, 0.3) is 10.9 Å². The summed E-state index contributed by atoms with van der Waals surface area (Å²) in [6, 6.07) is 8.79. The van der Waals surface area contributed by atoms with E-state index in [9.17, 15) is 9.59 Å². The summed E-state index contributed by atoms with van der Waals surface area (Å²) in [7, 11) is 0. The van der Waals surface area contributed by atoms with Crippen molar-refractivity contribution in [1.82, 2.24) is 4.98 Å². The highest BCUT2D eigenvalue weighted by molar-refractivity contribution is 5.89. The topological polar surface area (TPSA) is 59.2 Å². The third kappa shape index (κ3) is 2.89. The lowest BCUT2D eigenvalue weighted by Gasteiger charge is -2.04. The highest BCUT2D eigenvalue weighted by atomic mass is 27.0. The van der Waals surface area contributed by atoms with E-state index in [1.54, 1.807) is 6.07 Å². The summed E-state index contributed by atoms with van der Waals surface area (Å²) in [5.41, 5.74) is 0.517. The molecule has 0 aliphatic heterocycles. The van der Waals surface area contributed by atoms with Crippen LogP contribution in [0.3, 0.4) is 0 Å². The predicted octanol–water partition coefficient (Wildman–Crippen LogP) is 1.63. The van der Waals surface area contributed by atoms with Gasteiger partial charge in [-0.25, -0.2) is 4.79 Å². The third-order valence-corrected chi connectivity index (χ3v) is 2.27. The molecule has 0 spiro atoms. The third-order valence-electron chi connectivity index (χ3n) is 2.27. The number of pyridine rings is 1. The summed E-state index contributed by atoms with van der Waals surface area (Å²) >= 11 is 0. The van der Waals surface area contributed by atoms with E-state index >= 15 is 0 Å². The number of aromatic nitrogens is 1. The van der Waals surface area contributed by atoms with Crippen molar-refractivity contribution in [2.24, 2.45) is 0 Å². The van der Waals surface area contributed by atoms with Gasteiger partial charge in [0.05, 0.1) is 0 Å². The van der Waals surface area contributed by atoms with Gasteiger partial charge < -0.3 is 9.72 Å². The summed E-state index contributed by atoms with van der Waals surface area (Å²) in [6.45, 7) is 4.98. The Labute approximate surface area is 114 Å². The van der Waals surface area contributed by atoms with E-state index in [4.69, 9.17) is 4.74 Å². The molecule has 5 heteroatoms. The van der Waals surface area contributed by atoms with Crippen LogP contribution in [-0.4, -0.2) is 28.3 Å². The van der Waals surface area contributed by atoms with Crippen LogP contribution in [-0.2, 0) is 4.79 Å². The van der Waals surface area contributed by atoms with E-state index in [0.717, 1.165) is 5.39 Å². The molecule has 18 heavy (non-hydrogen) atoms. The molecule has 1 aromatic heterocycles. The van der Waals surface area contributed by atoms with Crippen molar-refractivity contribution in [2.45, 2.75) is 6.92 Å². The summed E-state index contributed by atoms with van der Waals surface area (Å²) in [4.78, 5) is 25.6. The van der Waals surface area contributed by atoms with Crippen LogP contribution in [0.2, 0.25) is 0 Å². The molecule has 0 unspecified atom stereocenters. The zero-order valence-corrected chi connectivity index (χ0v) is 11.1. The smallest absolute Gasteiger partial charge is 0.338 e. The van der Waals surface area contributed by atoms with Crippen molar-refractivity contribution < 1.29 is 9.53 Å². The quantitative estimate of drug-likeness (QED) is 0.504. The first-order valence-corrected chi connectivity index (χ1v) is 5.07. The van der Waals surface area contributed by atoms with E-state index in [-0.39, 0.29) is 28.7 Å². The minimum absolute atomic E-state index is 0. The monoisotopic (exact) mass is 256 g/mol. The number of nitrogens with one attached hydrogen (secondary N) is 1. The van der Waals surface area contributed by atoms with Crippen LogP contribution in [0.1, 0.15) is 6.92 Å². The zero-order chi connectivity index (χ0) is 12.4. The lowest BCUT2D eigenvalue weighted by atomic mass is 10.2. The van der Waals surface area contributed by atoms with Crippen LogP contribution < -0.4 is 10.3 Å². The number of benzene rings is 1. The van der Waals surface area contributed by atoms with E-state index < -0.39 is 11.5 Å². The number of esters is 1. The first-order valence-electron chi connectivity index (χ1n) is 5.07. The van der Waals surface area contributed by atoms with Crippen LogP contribution >= 0.6 is 0 Å². The normalized spacial score (nSPS) is 9.61. The number of rotatable bonds is 2. The second-order valence-electron chi connectivity index (χ2n) is 3.72. The fourth-order valence-electron chi connectivity index (χ4n) is 1.39. The number of para-hydroxylation sites is 1. The van der Waals surface area contributed by atoms with Gasteiger partial charge in [0.1, 0.15) is 0 Å². The van der Waals surface area contributed by atoms with Crippen LogP contribution in [0, 0.1) is 0 Å². The van der Waals surface area contributed by atoms with Gasteiger partial charge in [-0.15, -0.1) is 0 Å². The van der Waals surface area contributed by atoms with Crippen molar-refractivity contribution in [2.75, 3.05) is 0 Å². The number of hydrogen-bond acceptors (Lipinski definition) is 3. The fourth-order valence-corrected chi connectivity index (χ4v) is 1.39. The molecule has 4 nitrogen and oxygen atoms in total. The van der Waals surface area contributed by atoms with Gasteiger partial charge in [0, 0.05) is 33.8 Å². The second-order valence-corrected chi connectivity index (χ2v) is 3.72. The zero-order valence-electron chi connectivity index (χ0n) is 9.90. The molecule has 3 radical (unpaired) electrons. The van der Waals surface area contributed by atoms with Crippen molar-refractivity contribution >= 4 is 34.2 Å². The van der Waals surface area contributed by atoms with Crippen molar-refractivity contribution in [3.63, 3.8) is 0 Å². The molecule has 0 atom stereocenters. The van der Waals surface area contributed by atoms with E-state index in [0.29, 0.717) is 5.52 Å². The number of aromatic amines is 1. The second kappa shape index (κ2) is 5.68. The summed E-state index contributed by atoms with van der Waals surface area (Å²) < 4.78 is 4.93. The molecule has 2 aromatic rings. The first kappa shape index (κ1) is 14.2. The lowest BCUT2D eigenvalue weighted by molar-refractivity contribution is -0.130. The maximum Gasteiger partial charge on any atom is 0.338 e. The van der Waals surface area contributed by atoms with Crippen molar-refractivity contribution in [3.8, 4) is 5.75 Å². The van der Waals surface area contributed by atoms with Gasteiger partial charge in [0.2, 0.25) is 0 Å². The summed E-state index contributed by atoms with van der Waals surface area (Å²) in [5.74, 6) is -0.623. The molecule has 0 aliphatic carbocycles. The van der Waals surface area contributed by atoms with Gasteiger partial charge in [0.25, 0.3) is 5.56 Å². The minimum Gasteiger partial charge on any atom is -0.417 e. The Morgan fingerprint density at radius 1 is 1.33 bits per heavy atom. The average Bonchev–Trinajstić information content (AvgIpc) is 2.29. The number of carbonyl (C=O) groups is 1. The molecule has 0 amide bonds. The molecule has 0 fully saturated rings. The number of hydrogen-bond donors (Lipinski definition) is 1. The van der Waals surface area contributed by atoms with Crippen LogP contribution in [0.4, 0.5) is 0 Å². The van der Waals surface area contributed by atoms with Gasteiger partial charge in [-0.1, -0.05) is 24.8 Å². The van der Waals surface area contributed by atoms with Crippen molar-refractivity contribution in [1.29, 1.82) is 0 Å². The molecule has 89 valence electrons. The largest absolute Gasteiger partial charge is 0.417 e. The molecule has 0 bridgehead atoms. The van der Waals surface area contributed by atoms with Gasteiger partial charge in [-0.2, -0.15) is 0 Å². The number of H-pyrrole nitrogens is 1. The average molecular weight is 256 g/mol. The molecular weight excluding hydrogens is 245 g/mol. The SMILES string of the molecule is C=C(C)C(=O)Oc1cc2ccccc2[nH]c1=O.[Al]. The van der Waals surface area contributed by atoms with E-state index in [1.807, 2.05) is 18.2 Å². The lowest BCUT2D eigenvalue weighted by Crippen LogP contribution is -2.16.